The third-order valence-corrected chi connectivity index (χ3v) is 4.97. The fraction of sp³-hybridized carbons (Fsp3) is 0.500. The number of rotatable bonds is 2. The Morgan fingerprint density at radius 1 is 1.41 bits per heavy atom. The van der Waals surface area contributed by atoms with Crippen molar-refractivity contribution in [1.29, 1.82) is 0 Å². The number of aromatic nitrogens is 3. The number of anilines is 1. The summed E-state index contributed by atoms with van der Waals surface area (Å²) in [5, 5.41) is 39.4. The molecule has 144 valence electrons. The van der Waals surface area contributed by atoms with Crippen LogP contribution in [0.1, 0.15) is 19.4 Å². The molecule has 0 aromatic carbocycles. The number of carbonyl (C=O) groups is 1. The van der Waals surface area contributed by atoms with Crippen LogP contribution >= 0.6 is 0 Å². The Bertz CT molecular complexity index is 958. The number of nitrogens with one attached hydrogen (secondary N) is 1. The number of aliphatic hydroxyl groups excluding tert-OH is 3. The van der Waals surface area contributed by atoms with Crippen LogP contribution in [0.4, 0.5) is 5.82 Å². The van der Waals surface area contributed by atoms with Gasteiger partial charge in [-0.15, -0.1) is 0 Å². The molecule has 4 N–H and O–H groups in total. The average Bonchev–Trinajstić information content (AvgIpc) is 3.12. The van der Waals surface area contributed by atoms with Crippen LogP contribution in [-0.2, 0) is 15.3 Å². The zero-order chi connectivity index (χ0) is 19.5. The van der Waals surface area contributed by atoms with Crippen molar-refractivity contribution in [2.45, 2.75) is 37.9 Å². The van der Waals surface area contributed by atoms with Crippen LogP contribution in [0, 0.1) is 0 Å². The molecule has 4 rings (SSSR count). The molecule has 2 aliphatic rings. The predicted molar refractivity (Wildman–Crippen MR) is 93.9 cm³/mol. The number of nitrogens with zero attached hydrogens (tertiary/aromatic N) is 5. The summed E-state index contributed by atoms with van der Waals surface area (Å²) in [5.74, 6) is 0.548. The van der Waals surface area contributed by atoms with Gasteiger partial charge in [0.1, 0.15) is 30.3 Å². The Hall–Kier alpha value is -2.60. The van der Waals surface area contributed by atoms with Crippen LogP contribution in [0.5, 0.6) is 0 Å². The molecule has 11 nitrogen and oxygen atoms in total. The van der Waals surface area contributed by atoms with Gasteiger partial charge in [0, 0.05) is 20.2 Å². The molecular formula is C16H20N6O5. The van der Waals surface area contributed by atoms with Crippen molar-refractivity contribution in [1.82, 2.24) is 19.9 Å². The minimum atomic E-state index is -1.39. The van der Waals surface area contributed by atoms with Gasteiger partial charge in [-0.25, -0.2) is 15.0 Å². The van der Waals surface area contributed by atoms with Gasteiger partial charge in [0.15, 0.2) is 17.4 Å². The van der Waals surface area contributed by atoms with Crippen molar-refractivity contribution >= 4 is 28.6 Å². The molecule has 1 amide bonds. The highest BCUT2D eigenvalue weighted by Crippen LogP contribution is 2.40. The minimum absolute atomic E-state index is 0.289. The monoisotopic (exact) mass is 376 g/mol. The van der Waals surface area contributed by atoms with E-state index < -0.39 is 30.6 Å². The number of ether oxygens (including phenoxy) is 1. The van der Waals surface area contributed by atoms with E-state index in [4.69, 9.17) is 4.74 Å². The Kier molecular flexibility index (Phi) is 3.93. The van der Waals surface area contributed by atoms with Gasteiger partial charge in [0.05, 0.1) is 17.6 Å². The quantitative estimate of drug-likeness (QED) is 0.494. The lowest BCUT2D eigenvalue weighted by Gasteiger charge is -2.30. The number of aliphatic hydroxyl groups is 3. The summed E-state index contributed by atoms with van der Waals surface area (Å²) in [4.78, 5) is 20.1. The van der Waals surface area contributed by atoms with Crippen LogP contribution in [-0.4, -0.2) is 73.6 Å². The normalized spacial score (nSPS) is 29.9. The van der Waals surface area contributed by atoms with Crippen molar-refractivity contribution < 1.29 is 24.9 Å². The molecule has 0 spiro atoms. The summed E-state index contributed by atoms with van der Waals surface area (Å²) in [6.07, 6.45) is -0.517. The maximum Gasteiger partial charge on any atom is 0.222 e. The van der Waals surface area contributed by atoms with E-state index >= 15 is 0 Å². The molecule has 0 aliphatic carbocycles. The first-order chi connectivity index (χ1) is 12.8. The molecule has 4 atom stereocenters. The number of amidine groups is 1. The molecule has 2 aromatic rings. The Labute approximate surface area is 153 Å². The van der Waals surface area contributed by atoms with E-state index in [1.54, 1.807) is 24.7 Å². The molecule has 0 bridgehead atoms. The third-order valence-electron chi connectivity index (χ3n) is 4.97. The lowest BCUT2D eigenvalue weighted by Crippen LogP contribution is -2.43. The molecule has 4 heterocycles. The molecule has 1 fully saturated rings. The van der Waals surface area contributed by atoms with Gasteiger partial charge >= 0.3 is 0 Å². The summed E-state index contributed by atoms with van der Waals surface area (Å²) in [6, 6.07) is 0. The highest BCUT2D eigenvalue weighted by atomic mass is 16.6. The van der Waals surface area contributed by atoms with E-state index in [0.717, 1.165) is 0 Å². The van der Waals surface area contributed by atoms with Gasteiger partial charge in [-0.2, -0.15) is 5.10 Å². The first kappa shape index (κ1) is 17.8. The molecule has 0 saturated carbocycles. The second kappa shape index (κ2) is 5.96. The van der Waals surface area contributed by atoms with Crippen LogP contribution in [0.15, 0.2) is 17.6 Å². The molecule has 27 heavy (non-hydrogen) atoms. The predicted octanol–water partition coefficient (Wildman–Crippen LogP) is -1.54. The maximum absolute atomic E-state index is 11.6. The molecule has 1 unspecified atom stereocenters. The lowest BCUT2D eigenvalue weighted by molar-refractivity contribution is -0.132. The van der Waals surface area contributed by atoms with E-state index in [9.17, 15) is 20.1 Å². The summed E-state index contributed by atoms with van der Waals surface area (Å²) in [5.41, 5.74) is -0.390. The topological polar surface area (TPSA) is 145 Å². The molecular weight excluding hydrogens is 356 g/mol. The molecule has 2 aliphatic heterocycles. The zero-order valence-corrected chi connectivity index (χ0v) is 15.0. The van der Waals surface area contributed by atoms with Gasteiger partial charge in [0.2, 0.25) is 5.91 Å². The fourth-order valence-electron chi connectivity index (χ4n) is 3.63. The third kappa shape index (κ3) is 2.43. The Balaban J connectivity index is 1.93. The van der Waals surface area contributed by atoms with Gasteiger partial charge < -0.3 is 29.9 Å². The second-order valence-electron chi connectivity index (χ2n) is 6.79. The molecule has 11 heteroatoms. The van der Waals surface area contributed by atoms with Crippen molar-refractivity contribution in [3.05, 3.63) is 18.1 Å². The number of hydrogen-bond acceptors (Lipinski definition) is 9. The Morgan fingerprint density at radius 3 is 2.78 bits per heavy atom. The summed E-state index contributed by atoms with van der Waals surface area (Å²) < 4.78 is 7.36. The number of hydrazone groups is 1. The number of hydrogen-bond donors (Lipinski definition) is 4. The van der Waals surface area contributed by atoms with Crippen molar-refractivity contribution in [2.24, 2.45) is 5.10 Å². The SMILES string of the molecule is CC(=O)NC1=NN(C)c2ncnc3c2c1cn3C1(C)O[C@H](CO)[C@@H](O)[C@H]1O. The van der Waals surface area contributed by atoms with Crippen molar-refractivity contribution in [2.75, 3.05) is 18.7 Å². The van der Waals surface area contributed by atoms with Crippen LogP contribution in [0.25, 0.3) is 11.0 Å². The van der Waals surface area contributed by atoms with E-state index in [0.29, 0.717) is 28.3 Å². The van der Waals surface area contributed by atoms with E-state index in [-0.39, 0.29) is 5.91 Å². The van der Waals surface area contributed by atoms with Gasteiger partial charge in [-0.05, 0) is 6.92 Å². The van der Waals surface area contributed by atoms with Gasteiger partial charge in [-0.3, -0.25) is 4.79 Å². The van der Waals surface area contributed by atoms with Gasteiger partial charge in [0.25, 0.3) is 0 Å². The average molecular weight is 376 g/mol. The van der Waals surface area contributed by atoms with Crippen molar-refractivity contribution in [3.63, 3.8) is 0 Å². The first-order valence-corrected chi connectivity index (χ1v) is 8.39. The standard InChI is InChI=1S/C16H20N6O5/c1-7(24)19-13-8-4-22(16(2)12(26)11(25)9(5-23)27-16)15-10(8)14(17-6-18-15)21(3)20-13/h4,6,9,11-12,23,25-26H,5H2,1-3H3,(H,19,20,24)/t9-,11-,12-,16?/m1/s1. The smallest absolute Gasteiger partial charge is 0.222 e. The number of carbonyl (C=O) groups excluding carboxylic acids is 1. The summed E-state index contributed by atoms with van der Waals surface area (Å²) in [6.45, 7) is 2.53. The molecule has 0 radical (unpaired) electrons. The minimum Gasteiger partial charge on any atom is -0.394 e. The van der Waals surface area contributed by atoms with E-state index in [1.165, 1.54) is 18.3 Å². The van der Waals surface area contributed by atoms with Crippen molar-refractivity contribution in [3.8, 4) is 0 Å². The molecule has 2 aromatic heterocycles. The fourth-order valence-corrected chi connectivity index (χ4v) is 3.63. The van der Waals surface area contributed by atoms with Crippen LogP contribution in [0.2, 0.25) is 0 Å². The summed E-state index contributed by atoms with van der Waals surface area (Å²) >= 11 is 0. The number of amides is 1. The Morgan fingerprint density at radius 2 is 2.15 bits per heavy atom. The lowest BCUT2D eigenvalue weighted by atomic mass is 10.0. The highest BCUT2D eigenvalue weighted by Gasteiger charge is 2.53. The summed E-state index contributed by atoms with van der Waals surface area (Å²) in [7, 11) is 1.69. The maximum atomic E-state index is 11.6. The largest absolute Gasteiger partial charge is 0.394 e. The zero-order valence-electron chi connectivity index (χ0n) is 15.0. The van der Waals surface area contributed by atoms with E-state index in [2.05, 4.69) is 20.4 Å². The van der Waals surface area contributed by atoms with Crippen LogP contribution < -0.4 is 10.3 Å². The molecule has 1 saturated heterocycles. The van der Waals surface area contributed by atoms with Crippen LogP contribution in [0.3, 0.4) is 0 Å². The highest BCUT2D eigenvalue weighted by molar-refractivity contribution is 6.18. The van der Waals surface area contributed by atoms with Gasteiger partial charge in [-0.1, -0.05) is 0 Å². The van der Waals surface area contributed by atoms with E-state index in [1.807, 2.05) is 0 Å². The first-order valence-electron chi connectivity index (χ1n) is 8.39. The second-order valence-corrected chi connectivity index (χ2v) is 6.79.